The molecule has 0 fully saturated rings. The minimum Gasteiger partial charge on any atom is -0.480 e. The Kier molecular flexibility index (Phi) is 16.9. The van der Waals surface area contributed by atoms with Crippen molar-refractivity contribution in [2.75, 3.05) is 25.4 Å². The van der Waals surface area contributed by atoms with Gasteiger partial charge in [-0.25, -0.2) is 9.59 Å². The number of aliphatic carboxylic acids is 2. The summed E-state index contributed by atoms with van der Waals surface area (Å²) in [5.74, 6) is -5.87. The predicted octanol–water partition coefficient (Wildman–Crippen LogP) is -1.85. The summed E-state index contributed by atoms with van der Waals surface area (Å²) in [4.78, 5) is 92.4. The molecule has 0 aromatic carbocycles. The van der Waals surface area contributed by atoms with E-state index < -0.39 is 78.2 Å². The predicted molar refractivity (Wildman–Crippen MR) is 143 cm³/mol. The molecule has 3 atom stereocenters. The lowest BCUT2D eigenvalue weighted by atomic mass is 9.87. The molecule has 0 rings (SSSR count). The number of thioether (sulfide) groups is 1. The first-order valence-corrected chi connectivity index (χ1v) is 13.5. The quantitative estimate of drug-likeness (QED) is 0.0630. The van der Waals surface area contributed by atoms with Gasteiger partial charge in [0.25, 0.3) is 0 Å². The summed E-state index contributed by atoms with van der Waals surface area (Å²) in [7, 11) is 0. The third-order valence-corrected chi connectivity index (χ3v) is 6.23. The number of aliphatic hydroxyl groups is 1. The number of amides is 4. The molecule has 0 heterocycles. The number of hydrogen-bond donors (Lipinski definition) is 7. The van der Waals surface area contributed by atoms with Gasteiger partial charge in [0.05, 0.1) is 13.0 Å². The first-order valence-electron chi connectivity index (χ1n) is 12.5. The summed E-state index contributed by atoms with van der Waals surface area (Å²) in [6, 6.07) is -2.66. The molecule has 16 nitrogen and oxygen atoms in total. The zero-order valence-corrected chi connectivity index (χ0v) is 24.1. The maximum atomic E-state index is 12.3. The van der Waals surface area contributed by atoms with Crippen LogP contribution in [-0.2, 0) is 43.1 Å². The summed E-state index contributed by atoms with van der Waals surface area (Å²) >= 11 is 0.894. The lowest BCUT2D eigenvalue weighted by Crippen LogP contribution is -2.47. The molecule has 0 bridgehead atoms. The van der Waals surface area contributed by atoms with Gasteiger partial charge in [-0.3, -0.25) is 28.8 Å². The molecular weight excluding hydrogens is 568 g/mol. The lowest BCUT2D eigenvalue weighted by Gasteiger charge is -2.29. The summed E-state index contributed by atoms with van der Waals surface area (Å²) < 4.78 is 4.98. The Morgan fingerprint density at radius 1 is 0.829 bits per heavy atom. The number of carboxylic acid groups (broad SMARTS) is 2. The summed E-state index contributed by atoms with van der Waals surface area (Å²) in [5.41, 5.74) is -1.27. The zero-order valence-electron chi connectivity index (χ0n) is 23.3. The highest BCUT2D eigenvalue weighted by Gasteiger charge is 2.35. The van der Waals surface area contributed by atoms with Gasteiger partial charge in [-0.15, -0.1) is 0 Å². The van der Waals surface area contributed by atoms with Crippen LogP contribution in [0, 0.1) is 5.41 Å². The number of aliphatic hydroxyl groups excluding tert-OH is 1. The Labute approximate surface area is 240 Å². The molecule has 17 heteroatoms. The number of hydrogen-bond acceptors (Lipinski definition) is 11. The van der Waals surface area contributed by atoms with Gasteiger partial charge in [0.15, 0.2) is 5.12 Å². The van der Waals surface area contributed by atoms with E-state index in [0.29, 0.717) is 0 Å². The van der Waals surface area contributed by atoms with E-state index >= 15 is 0 Å². The molecular formula is C24H38N4O12S. The molecule has 0 saturated heterocycles. The molecule has 0 saturated carbocycles. The van der Waals surface area contributed by atoms with E-state index in [-0.39, 0.29) is 43.2 Å². The summed E-state index contributed by atoms with van der Waals surface area (Å²) in [5, 5.41) is 37.4. The Morgan fingerprint density at radius 3 is 1.93 bits per heavy atom. The Balaban J connectivity index is 4.34. The van der Waals surface area contributed by atoms with Crippen molar-refractivity contribution in [2.24, 2.45) is 5.41 Å². The van der Waals surface area contributed by atoms with Crippen LogP contribution in [0.2, 0.25) is 0 Å². The van der Waals surface area contributed by atoms with E-state index in [1.807, 2.05) is 0 Å². The third-order valence-electron chi connectivity index (χ3n) is 5.29. The van der Waals surface area contributed by atoms with Crippen molar-refractivity contribution in [3.8, 4) is 0 Å². The van der Waals surface area contributed by atoms with Crippen LogP contribution in [-0.4, -0.2) is 106 Å². The monoisotopic (exact) mass is 606 g/mol. The van der Waals surface area contributed by atoms with Crippen LogP contribution < -0.4 is 21.3 Å². The number of esters is 1. The molecule has 0 aliphatic carbocycles. The topological polar surface area (TPSA) is 255 Å². The Morgan fingerprint density at radius 2 is 1.39 bits per heavy atom. The van der Waals surface area contributed by atoms with Crippen LogP contribution in [0.15, 0.2) is 0 Å². The Hall–Kier alpha value is -3.73. The molecule has 0 aliphatic heterocycles. The third kappa shape index (κ3) is 16.9. The number of rotatable bonds is 19. The number of carbonyl (C=O) groups is 8. The van der Waals surface area contributed by atoms with E-state index in [2.05, 4.69) is 21.3 Å². The van der Waals surface area contributed by atoms with Gasteiger partial charge >= 0.3 is 17.9 Å². The number of nitrogens with one attached hydrogen (secondary N) is 4. The molecule has 4 amide bonds. The van der Waals surface area contributed by atoms with Crippen LogP contribution in [0.1, 0.15) is 53.4 Å². The average molecular weight is 607 g/mol. The van der Waals surface area contributed by atoms with Crippen molar-refractivity contribution in [2.45, 2.75) is 71.6 Å². The van der Waals surface area contributed by atoms with E-state index in [1.165, 1.54) is 20.8 Å². The standard InChI is InChI=1S/C24H38N4O12S/c1-13(29)27-15(22(36)37)5-6-19(33)41-10-9-25-17(31)7-8-26-21(35)20(34)24(3,4)12-40-18(32)11-16(23(38)39)28-14(2)30/h15-16,20,34H,5-12H2,1-4H3,(H,25,31)(H,26,35)(H,27,29)(H,28,30)(H,36,37)(H,38,39)/t15-,16-,20-/m0/s1. The SMILES string of the molecule is CC(=O)N[C@@H](CCC(=O)SCCNC(=O)CCNC(=O)[C@H](O)C(C)(C)COC(=O)C[C@H](NC(C)=O)C(=O)O)C(=O)O. The maximum absolute atomic E-state index is 12.3. The lowest BCUT2D eigenvalue weighted by molar-refractivity contribution is -0.156. The second-order valence-corrected chi connectivity index (χ2v) is 10.7. The van der Waals surface area contributed by atoms with Gasteiger partial charge in [-0.2, -0.15) is 0 Å². The fourth-order valence-electron chi connectivity index (χ4n) is 3.05. The molecule has 0 unspecified atom stereocenters. The van der Waals surface area contributed by atoms with Gasteiger partial charge < -0.3 is 41.3 Å². The molecule has 41 heavy (non-hydrogen) atoms. The van der Waals surface area contributed by atoms with Crippen molar-refractivity contribution in [3.63, 3.8) is 0 Å². The molecule has 0 radical (unpaired) electrons. The van der Waals surface area contributed by atoms with E-state index in [1.54, 1.807) is 0 Å². The van der Waals surface area contributed by atoms with Crippen molar-refractivity contribution >= 4 is 58.4 Å². The molecule has 0 aliphatic rings. The summed E-state index contributed by atoms with van der Waals surface area (Å²) in [6.07, 6.45) is -2.58. The van der Waals surface area contributed by atoms with Crippen LogP contribution in [0.4, 0.5) is 0 Å². The molecule has 0 spiro atoms. The van der Waals surface area contributed by atoms with E-state index in [9.17, 15) is 43.5 Å². The fourth-order valence-corrected chi connectivity index (χ4v) is 3.74. The smallest absolute Gasteiger partial charge is 0.326 e. The number of ether oxygens (including phenoxy) is 1. The van der Waals surface area contributed by atoms with Gasteiger partial charge in [0.1, 0.15) is 18.2 Å². The molecule has 232 valence electrons. The number of carbonyl (C=O) groups excluding carboxylic acids is 6. The van der Waals surface area contributed by atoms with Crippen molar-refractivity contribution in [3.05, 3.63) is 0 Å². The summed E-state index contributed by atoms with van der Waals surface area (Å²) in [6.45, 7) is 4.69. The van der Waals surface area contributed by atoms with Crippen molar-refractivity contribution in [1.82, 2.24) is 21.3 Å². The van der Waals surface area contributed by atoms with Crippen LogP contribution in [0.25, 0.3) is 0 Å². The second-order valence-electron chi connectivity index (χ2n) is 9.59. The minimum atomic E-state index is -1.64. The molecule has 0 aromatic heterocycles. The molecule has 7 N–H and O–H groups in total. The first kappa shape index (κ1) is 37.3. The first-order chi connectivity index (χ1) is 19.0. The van der Waals surface area contributed by atoms with Crippen LogP contribution in [0.3, 0.4) is 0 Å². The highest BCUT2D eigenvalue weighted by Crippen LogP contribution is 2.22. The van der Waals surface area contributed by atoms with Gasteiger partial charge in [0.2, 0.25) is 23.6 Å². The largest absolute Gasteiger partial charge is 0.480 e. The fraction of sp³-hybridized carbons (Fsp3) is 0.667. The highest BCUT2D eigenvalue weighted by atomic mass is 32.2. The van der Waals surface area contributed by atoms with Gasteiger partial charge in [-0.05, 0) is 6.42 Å². The van der Waals surface area contributed by atoms with Crippen LogP contribution >= 0.6 is 11.8 Å². The average Bonchev–Trinajstić information content (AvgIpc) is 2.86. The minimum absolute atomic E-state index is 0.0678. The van der Waals surface area contributed by atoms with Crippen LogP contribution in [0.5, 0.6) is 0 Å². The van der Waals surface area contributed by atoms with Crippen molar-refractivity contribution < 1.29 is 58.4 Å². The maximum Gasteiger partial charge on any atom is 0.326 e. The van der Waals surface area contributed by atoms with Crippen molar-refractivity contribution in [1.29, 1.82) is 0 Å². The van der Waals surface area contributed by atoms with Gasteiger partial charge in [0, 0.05) is 50.9 Å². The normalized spacial score (nSPS) is 13.1. The second kappa shape index (κ2) is 18.6. The zero-order chi connectivity index (χ0) is 31.8. The number of carboxylic acids is 2. The highest BCUT2D eigenvalue weighted by molar-refractivity contribution is 8.13. The Bertz CT molecular complexity index is 988. The molecule has 0 aromatic rings. The van der Waals surface area contributed by atoms with E-state index in [0.717, 1.165) is 18.7 Å². The van der Waals surface area contributed by atoms with E-state index in [4.69, 9.17) is 14.9 Å². The van der Waals surface area contributed by atoms with Gasteiger partial charge in [-0.1, -0.05) is 25.6 Å².